The third-order valence-corrected chi connectivity index (χ3v) is 4.85. The smallest absolute Gasteiger partial charge is 0.253 e. The summed E-state index contributed by atoms with van der Waals surface area (Å²) >= 11 is 0. The molecule has 0 spiro atoms. The van der Waals surface area contributed by atoms with Gasteiger partial charge in [0.1, 0.15) is 0 Å². The maximum atomic E-state index is 12.3. The number of para-hydroxylation sites is 1. The molecule has 0 radical (unpaired) electrons. The molecule has 1 fully saturated rings. The lowest BCUT2D eigenvalue weighted by molar-refractivity contribution is 0.0931. The topological polar surface area (TPSA) is 119 Å². The van der Waals surface area contributed by atoms with Crippen molar-refractivity contribution in [3.05, 3.63) is 54.1 Å². The first-order chi connectivity index (χ1) is 11.3. The van der Waals surface area contributed by atoms with Crippen LogP contribution in [0.5, 0.6) is 0 Å². The van der Waals surface area contributed by atoms with Gasteiger partial charge in [-0.05, 0) is 30.3 Å². The highest BCUT2D eigenvalue weighted by atomic mass is 32.2. The van der Waals surface area contributed by atoms with Gasteiger partial charge in [0.2, 0.25) is 10.0 Å². The lowest BCUT2D eigenvalue weighted by Gasteiger charge is -2.41. The molecule has 2 aromatic carbocycles. The second kappa shape index (κ2) is 6.14. The third-order valence-electron chi connectivity index (χ3n) is 3.94. The molecule has 3 rings (SSSR count). The van der Waals surface area contributed by atoms with Crippen LogP contribution in [0.25, 0.3) is 0 Å². The molecule has 5 N–H and O–H groups in total. The van der Waals surface area contributed by atoms with Crippen molar-refractivity contribution in [2.45, 2.75) is 10.9 Å². The van der Waals surface area contributed by atoms with Crippen molar-refractivity contribution in [3.63, 3.8) is 0 Å². The van der Waals surface area contributed by atoms with E-state index in [9.17, 15) is 13.2 Å². The van der Waals surface area contributed by atoms with Crippen molar-refractivity contribution in [1.82, 2.24) is 5.32 Å². The van der Waals surface area contributed by atoms with Crippen molar-refractivity contribution in [2.24, 2.45) is 5.14 Å². The Morgan fingerprint density at radius 2 is 1.79 bits per heavy atom. The van der Waals surface area contributed by atoms with Gasteiger partial charge in [0.15, 0.2) is 0 Å². The molecule has 126 valence electrons. The molecule has 1 amide bonds. The summed E-state index contributed by atoms with van der Waals surface area (Å²) in [5.41, 5.74) is 7.19. The van der Waals surface area contributed by atoms with Crippen molar-refractivity contribution in [2.75, 3.05) is 23.7 Å². The Labute approximate surface area is 140 Å². The Balaban J connectivity index is 1.67. The fourth-order valence-corrected chi connectivity index (χ4v) is 3.13. The van der Waals surface area contributed by atoms with E-state index in [0.29, 0.717) is 13.1 Å². The molecule has 2 aromatic rings. The molecule has 7 nitrogen and oxygen atoms in total. The summed E-state index contributed by atoms with van der Waals surface area (Å²) in [6, 6.07) is 13.7. The Bertz CT molecular complexity index is 862. The Morgan fingerprint density at radius 1 is 1.12 bits per heavy atom. The quantitative estimate of drug-likeness (QED) is 0.698. The van der Waals surface area contributed by atoms with Crippen LogP contribution in [0.2, 0.25) is 0 Å². The average Bonchev–Trinajstić information content (AvgIpc) is 2.50. The van der Waals surface area contributed by atoms with Crippen LogP contribution in [0.15, 0.2) is 53.4 Å². The average molecular weight is 346 g/mol. The molecule has 8 heteroatoms. The SMILES string of the molecule is Nc1ccc(S(N)(=O)=O)cc1C(=O)NC1CN(c2ccccc2)C1. The molecular formula is C16H18N4O3S. The molecule has 0 unspecified atom stereocenters. The number of hydrogen-bond donors (Lipinski definition) is 3. The van der Waals surface area contributed by atoms with E-state index in [1.807, 2.05) is 30.3 Å². The first kappa shape index (κ1) is 16.3. The number of carbonyl (C=O) groups excluding carboxylic acids is 1. The van der Waals surface area contributed by atoms with Crippen LogP contribution in [0.1, 0.15) is 10.4 Å². The summed E-state index contributed by atoms with van der Waals surface area (Å²) in [5.74, 6) is -0.407. The summed E-state index contributed by atoms with van der Waals surface area (Å²) < 4.78 is 22.8. The van der Waals surface area contributed by atoms with E-state index in [1.165, 1.54) is 18.2 Å². The number of anilines is 2. The van der Waals surface area contributed by atoms with Gasteiger partial charge in [-0.25, -0.2) is 13.6 Å². The first-order valence-electron chi connectivity index (χ1n) is 7.38. The highest BCUT2D eigenvalue weighted by Crippen LogP contribution is 2.21. The molecule has 1 heterocycles. The van der Waals surface area contributed by atoms with Crippen LogP contribution >= 0.6 is 0 Å². The van der Waals surface area contributed by atoms with Crippen LogP contribution in [0, 0.1) is 0 Å². The summed E-state index contributed by atoms with van der Waals surface area (Å²) in [7, 11) is -3.88. The second-order valence-electron chi connectivity index (χ2n) is 5.70. The predicted octanol–water partition coefficient (Wildman–Crippen LogP) is 0.535. The molecule has 24 heavy (non-hydrogen) atoms. The van der Waals surface area contributed by atoms with Crippen molar-refractivity contribution < 1.29 is 13.2 Å². The molecular weight excluding hydrogens is 328 g/mol. The zero-order chi connectivity index (χ0) is 17.3. The van der Waals surface area contributed by atoms with E-state index in [1.54, 1.807) is 0 Å². The minimum Gasteiger partial charge on any atom is -0.398 e. The second-order valence-corrected chi connectivity index (χ2v) is 7.27. The number of nitrogens with two attached hydrogens (primary N) is 2. The van der Waals surface area contributed by atoms with Gasteiger partial charge in [0.25, 0.3) is 5.91 Å². The fourth-order valence-electron chi connectivity index (χ4n) is 2.59. The number of benzene rings is 2. The zero-order valence-electron chi connectivity index (χ0n) is 12.8. The zero-order valence-corrected chi connectivity index (χ0v) is 13.7. The van der Waals surface area contributed by atoms with Crippen LogP contribution in [0.3, 0.4) is 0 Å². The number of hydrogen-bond acceptors (Lipinski definition) is 5. The lowest BCUT2D eigenvalue weighted by atomic mass is 10.1. The number of amides is 1. The molecule has 0 aromatic heterocycles. The van der Waals surface area contributed by atoms with E-state index in [-0.39, 0.29) is 22.2 Å². The standard InChI is InChI=1S/C16H18N4O3S/c17-15-7-6-13(24(18,22)23)8-14(15)16(21)19-11-9-20(10-11)12-4-2-1-3-5-12/h1-8,11H,9-10,17H2,(H,19,21)(H2,18,22,23). The Morgan fingerprint density at radius 3 is 2.42 bits per heavy atom. The molecule has 1 aliphatic rings. The van der Waals surface area contributed by atoms with Crippen LogP contribution in [-0.2, 0) is 10.0 Å². The molecule has 0 aliphatic carbocycles. The van der Waals surface area contributed by atoms with Gasteiger partial charge in [0.05, 0.1) is 16.5 Å². The van der Waals surface area contributed by atoms with Gasteiger partial charge in [0, 0.05) is 24.5 Å². The van der Waals surface area contributed by atoms with E-state index in [0.717, 1.165) is 5.69 Å². The van der Waals surface area contributed by atoms with Crippen LogP contribution < -0.4 is 21.1 Å². The van der Waals surface area contributed by atoms with Crippen molar-refractivity contribution >= 4 is 27.3 Å². The van der Waals surface area contributed by atoms with Gasteiger partial charge >= 0.3 is 0 Å². The number of sulfonamides is 1. The molecule has 0 saturated carbocycles. The van der Waals surface area contributed by atoms with Crippen LogP contribution in [0.4, 0.5) is 11.4 Å². The highest BCUT2D eigenvalue weighted by Gasteiger charge is 2.29. The van der Waals surface area contributed by atoms with Gasteiger partial charge in [-0.2, -0.15) is 0 Å². The molecule has 0 atom stereocenters. The third kappa shape index (κ3) is 3.34. The van der Waals surface area contributed by atoms with Crippen molar-refractivity contribution in [3.8, 4) is 0 Å². The summed E-state index contributed by atoms with van der Waals surface area (Å²) in [4.78, 5) is 14.3. The van der Waals surface area contributed by atoms with E-state index in [4.69, 9.17) is 10.9 Å². The van der Waals surface area contributed by atoms with Crippen LogP contribution in [-0.4, -0.2) is 33.5 Å². The maximum absolute atomic E-state index is 12.3. The van der Waals surface area contributed by atoms with Gasteiger partial charge < -0.3 is 16.0 Å². The predicted molar refractivity (Wildman–Crippen MR) is 92.1 cm³/mol. The Hall–Kier alpha value is -2.58. The molecule has 1 saturated heterocycles. The fraction of sp³-hybridized carbons (Fsp3) is 0.188. The van der Waals surface area contributed by atoms with Crippen molar-refractivity contribution in [1.29, 1.82) is 0 Å². The lowest BCUT2D eigenvalue weighted by Crippen LogP contribution is -2.59. The number of primary sulfonamides is 1. The summed E-state index contributed by atoms with van der Waals surface area (Å²) in [6.07, 6.45) is 0. The maximum Gasteiger partial charge on any atom is 0.253 e. The van der Waals surface area contributed by atoms with E-state index >= 15 is 0 Å². The van der Waals surface area contributed by atoms with Gasteiger partial charge in [-0.3, -0.25) is 4.79 Å². The highest BCUT2D eigenvalue weighted by molar-refractivity contribution is 7.89. The number of carbonyl (C=O) groups is 1. The van der Waals surface area contributed by atoms with E-state index in [2.05, 4.69) is 10.2 Å². The summed E-state index contributed by atoms with van der Waals surface area (Å²) in [6.45, 7) is 1.37. The van der Waals surface area contributed by atoms with E-state index < -0.39 is 15.9 Å². The number of nitrogens with one attached hydrogen (secondary N) is 1. The normalized spacial score (nSPS) is 15.0. The number of nitrogens with zero attached hydrogens (tertiary/aromatic N) is 1. The number of rotatable bonds is 4. The first-order valence-corrected chi connectivity index (χ1v) is 8.92. The largest absolute Gasteiger partial charge is 0.398 e. The van der Waals surface area contributed by atoms with Gasteiger partial charge in [-0.15, -0.1) is 0 Å². The molecule has 0 bridgehead atoms. The molecule has 1 aliphatic heterocycles. The minimum absolute atomic E-state index is 0.0183. The summed E-state index contributed by atoms with van der Waals surface area (Å²) in [5, 5.41) is 7.95. The van der Waals surface area contributed by atoms with Gasteiger partial charge in [-0.1, -0.05) is 18.2 Å². The Kier molecular flexibility index (Phi) is 4.16. The monoisotopic (exact) mass is 346 g/mol. The number of nitrogen functional groups attached to an aromatic ring is 1. The minimum atomic E-state index is -3.88.